The summed E-state index contributed by atoms with van der Waals surface area (Å²) in [5.74, 6) is -0.875. The first kappa shape index (κ1) is 9.63. The molecule has 1 N–H and O–H groups in total. The molecule has 0 aliphatic rings. The Morgan fingerprint density at radius 1 is 1.55 bits per heavy atom. The zero-order valence-electron chi connectivity index (χ0n) is 6.76. The predicted octanol–water partition coefficient (Wildman–Crippen LogP) is 0.871. The first-order valence-corrected chi connectivity index (χ1v) is 3.09. The minimum atomic E-state index is -0.875. The molecule has 0 aromatic heterocycles. The summed E-state index contributed by atoms with van der Waals surface area (Å²) in [6.07, 6.45) is 0. The van der Waals surface area contributed by atoms with Crippen molar-refractivity contribution in [3.8, 4) is 6.07 Å². The van der Waals surface area contributed by atoms with Crippen molar-refractivity contribution >= 4 is 11.7 Å². The van der Waals surface area contributed by atoms with Gasteiger partial charge in [-0.25, -0.2) is 4.79 Å². The number of hydrogen-bond donors (Lipinski definition) is 1. The van der Waals surface area contributed by atoms with Crippen molar-refractivity contribution in [3.05, 3.63) is 0 Å². The van der Waals surface area contributed by atoms with Crippen LogP contribution in [-0.4, -0.2) is 17.3 Å². The van der Waals surface area contributed by atoms with Crippen molar-refractivity contribution in [2.24, 2.45) is 0 Å². The molecule has 0 aromatic rings. The van der Waals surface area contributed by atoms with E-state index in [-0.39, 0.29) is 0 Å². The number of carbonyl (C=O) groups excluding carboxylic acids is 1. The fourth-order valence-electron chi connectivity index (χ4n) is 0.375. The number of hydrogen-bond acceptors (Lipinski definition) is 4. The van der Waals surface area contributed by atoms with Gasteiger partial charge in [-0.3, -0.25) is 5.41 Å². The topological polar surface area (TPSA) is 73.9 Å². The van der Waals surface area contributed by atoms with Crippen LogP contribution in [0.25, 0.3) is 0 Å². The third-order valence-electron chi connectivity index (χ3n) is 0.715. The van der Waals surface area contributed by atoms with Crippen LogP contribution in [0.5, 0.6) is 0 Å². The van der Waals surface area contributed by atoms with Crippen molar-refractivity contribution in [1.82, 2.24) is 0 Å². The Kier molecular flexibility index (Phi) is 2.76. The third-order valence-corrected chi connectivity index (χ3v) is 0.715. The Bertz CT molecular complexity index is 220. The molecule has 11 heavy (non-hydrogen) atoms. The number of nitriles is 1. The van der Waals surface area contributed by atoms with Crippen LogP contribution in [0.3, 0.4) is 0 Å². The van der Waals surface area contributed by atoms with E-state index in [9.17, 15) is 4.79 Å². The van der Waals surface area contributed by atoms with E-state index in [1.165, 1.54) is 6.07 Å². The second-order valence-electron chi connectivity index (χ2n) is 2.99. The minimum absolute atomic E-state index is 0.639. The second kappa shape index (κ2) is 3.15. The number of rotatable bonds is 1. The van der Waals surface area contributed by atoms with Crippen LogP contribution in [0.4, 0.5) is 0 Å². The van der Waals surface area contributed by atoms with E-state index in [0.29, 0.717) is 0 Å². The highest BCUT2D eigenvalue weighted by atomic mass is 16.6. The minimum Gasteiger partial charge on any atom is -0.455 e. The van der Waals surface area contributed by atoms with Crippen LogP contribution in [-0.2, 0) is 9.53 Å². The van der Waals surface area contributed by atoms with Crippen molar-refractivity contribution in [2.45, 2.75) is 26.4 Å². The maximum atomic E-state index is 10.7. The summed E-state index contributed by atoms with van der Waals surface area (Å²) in [4.78, 5) is 10.7. The summed E-state index contributed by atoms with van der Waals surface area (Å²) in [5.41, 5.74) is -1.31. The van der Waals surface area contributed by atoms with E-state index in [1.54, 1.807) is 20.8 Å². The molecule has 0 spiro atoms. The fourth-order valence-corrected chi connectivity index (χ4v) is 0.375. The number of nitrogens with zero attached hydrogens (tertiary/aromatic N) is 1. The summed E-state index contributed by atoms with van der Waals surface area (Å²) in [7, 11) is 0. The highest BCUT2D eigenvalue weighted by Gasteiger charge is 2.19. The van der Waals surface area contributed by atoms with Crippen LogP contribution in [0.1, 0.15) is 20.8 Å². The first-order chi connectivity index (χ1) is 4.87. The molecule has 0 aromatic carbocycles. The summed E-state index contributed by atoms with van der Waals surface area (Å²) >= 11 is 0. The molecule has 0 atom stereocenters. The molecule has 0 radical (unpaired) electrons. The summed E-state index contributed by atoms with van der Waals surface area (Å²) in [5, 5.41) is 14.9. The van der Waals surface area contributed by atoms with Gasteiger partial charge in [-0.05, 0) is 20.8 Å². The fraction of sp³-hybridized carbons (Fsp3) is 0.571. The summed E-state index contributed by atoms with van der Waals surface area (Å²) < 4.78 is 4.70. The molecule has 4 heteroatoms. The molecule has 0 amide bonds. The normalized spacial score (nSPS) is 10.0. The molecule has 0 fully saturated rings. The van der Waals surface area contributed by atoms with Gasteiger partial charge in [0, 0.05) is 0 Å². The van der Waals surface area contributed by atoms with Crippen LogP contribution in [0, 0.1) is 16.7 Å². The van der Waals surface area contributed by atoms with Gasteiger partial charge in [-0.1, -0.05) is 0 Å². The Balaban J connectivity index is 4.13. The van der Waals surface area contributed by atoms with Gasteiger partial charge >= 0.3 is 5.97 Å². The van der Waals surface area contributed by atoms with Gasteiger partial charge in [-0.2, -0.15) is 5.26 Å². The number of esters is 1. The van der Waals surface area contributed by atoms with Gasteiger partial charge in [0.2, 0.25) is 5.71 Å². The zero-order chi connectivity index (χ0) is 9.07. The molecule has 0 bridgehead atoms. The first-order valence-electron chi connectivity index (χ1n) is 3.09. The summed E-state index contributed by atoms with van der Waals surface area (Å²) in [6, 6.07) is 1.40. The van der Waals surface area contributed by atoms with Gasteiger partial charge in [0.15, 0.2) is 0 Å². The number of ether oxygens (including phenoxy) is 1. The molecule has 0 aliphatic heterocycles. The lowest BCUT2D eigenvalue weighted by Crippen LogP contribution is -2.27. The monoisotopic (exact) mass is 154 g/mol. The van der Waals surface area contributed by atoms with E-state index < -0.39 is 17.3 Å². The lowest BCUT2D eigenvalue weighted by molar-refractivity contribution is -0.146. The van der Waals surface area contributed by atoms with Gasteiger partial charge in [-0.15, -0.1) is 0 Å². The molecule has 0 saturated heterocycles. The lowest BCUT2D eigenvalue weighted by atomic mass is 10.2. The van der Waals surface area contributed by atoms with Gasteiger partial charge in [0.05, 0.1) is 0 Å². The molecular weight excluding hydrogens is 144 g/mol. The van der Waals surface area contributed by atoms with Gasteiger partial charge in [0.1, 0.15) is 11.7 Å². The average Bonchev–Trinajstić information content (AvgIpc) is 1.82. The molecule has 0 saturated carbocycles. The Hall–Kier alpha value is -1.37. The zero-order valence-corrected chi connectivity index (χ0v) is 6.76. The molecular formula is C7H10N2O2. The van der Waals surface area contributed by atoms with E-state index in [0.717, 1.165) is 0 Å². The van der Waals surface area contributed by atoms with Crippen molar-refractivity contribution in [2.75, 3.05) is 0 Å². The second-order valence-corrected chi connectivity index (χ2v) is 2.99. The number of nitrogens with one attached hydrogen (secondary N) is 1. The SMILES string of the molecule is CC(C)(C)OC(=O)C(=N)C#N. The number of carbonyl (C=O) groups is 1. The van der Waals surface area contributed by atoms with Crippen molar-refractivity contribution in [1.29, 1.82) is 10.7 Å². The van der Waals surface area contributed by atoms with Gasteiger partial charge in [0.25, 0.3) is 0 Å². The Morgan fingerprint density at radius 2 is 2.00 bits per heavy atom. The van der Waals surface area contributed by atoms with Crippen LogP contribution in [0.2, 0.25) is 0 Å². The van der Waals surface area contributed by atoms with Crippen LogP contribution >= 0.6 is 0 Å². The van der Waals surface area contributed by atoms with E-state index >= 15 is 0 Å². The molecule has 4 nitrogen and oxygen atoms in total. The molecule has 0 unspecified atom stereocenters. The van der Waals surface area contributed by atoms with E-state index in [1.807, 2.05) is 0 Å². The highest BCUT2D eigenvalue weighted by molar-refractivity contribution is 6.41. The average molecular weight is 154 g/mol. The maximum Gasteiger partial charge on any atom is 0.367 e. The Labute approximate surface area is 65.3 Å². The van der Waals surface area contributed by atoms with Crippen molar-refractivity contribution < 1.29 is 9.53 Å². The quantitative estimate of drug-likeness (QED) is 0.450. The smallest absolute Gasteiger partial charge is 0.367 e. The third kappa shape index (κ3) is 4.09. The van der Waals surface area contributed by atoms with E-state index in [4.69, 9.17) is 15.4 Å². The summed E-state index contributed by atoms with van der Waals surface area (Å²) in [6.45, 7) is 5.03. The predicted molar refractivity (Wildman–Crippen MR) is 39.2 cm³/mol. The standard InChI is InChI=1S/C7H10N2O2/c1-7(2,3)11-6(10)5(9)4-8/h9H,1-3H3. The highest BCUT2D eigenvalue weighted by Crippen LogP contribution is 2.06. The molecule has 0 aliphatic carbocycles. The Morgan fingerprint density at radius 3 is 2.27 bits per heavy atom. The largest absolute Gasteiger partial charge is 0.455 e. The van der Waals surface area contributed by atoms with Gasteiger partial charge < -0.3 is 4.74 Å². The van der Waals surface area contributed by atoms with E-state index in [2.05, 4.69) is 0 Å². The van der Waals surface area contributed by atoms with Crippen LogP contribution in [0.15, 0.2) is 0 Å². The molecule has 0 rings (SSSR count). The lowest BCUT2D eigenvalue weighted by Gasteiger charge is -2.18. The maximum absolute atomic E-state index is 10.7. The van der Waals surface area contributed by atoms with Crippen LogP contribution < -0.4 is 0 Å². The molecule has 0 heterocycles. The molecule has 60 valence electrons. The van der Waals surface area contributed by atoms with Crippen molar-refractivity contribution in [3.63, 3.8) is 0 Å².